The van der Waals surface area contributed by atoms with Crippen molar-refractivity contribution in [2.75, 3.05) is 19.9 Å². The fourth-order valence-electron chi connectivity index (χ4n) is 4.05. The number of esters is 2. The zero-order valence-corrected chi connectivity index (χ0v) is 18.8. The number of para-hydroxylation sites is 1. The summed E-state index contributed by atoms with van der Waals surface area (Å²) >= 11 is 0. The minimum atomic E-state index is -1.37. The molecule has 4 rings (SSSR count). The van der Waals surface area contributed by atoms with Crippen molar-refractivity contribution in [1.29, 1.82) is 0 Å². The van der Waals surface area contributed by atoms with E-state index in [1.165, 1.54) is 11.0 Å². The number of halogens is 2. The van der Waals surface area contributed by atoms with Crippen LogP contribution in [0.5, 0.6) is 5.75 Å². The van der Waals surface area contributed by atoms with Crippen molar-refractivity contribution in [3.05, 3.63) is 64.7 Å². The van der Waals surface area contributed by atoms with Gasteiger partial charge in [-0.05, 0) is 30.2 Å². The molecule has 2 amide bonds. The van der Waals surface area contributed by atoms with Gasteiger partial charge >= 0.3 is 25.1 Å². The van der Waals surface area contributed by atoms with Crippen LogP contribution in [-0.4, -0.2) is 60.7 Å². The van der Waals surface area contributed by atoms with Crippen molar-refractivity contribution in [1.82, 2.24) is 4.90 Å². The van der Waals surface area contributed by atoms with Crippen LogP contribution in [0, 0.1) is 17.6 Å². The molecule has 10 nitrogen and oxygen atoms in total. The number of likely N-dealkylation sites (tertiary alicyclic amines) is 1. The van der Waals surface area contributed by atoms with Gasteiger partial charge in [-0.3, -0.25) is 4.79 Å². The molecule has 3 N–H and O–H groups in total. The molecule has 188 valence electrons. The molecule has 0 aromatic heterocycles. The van der Waals surface area contributed by atoms with Crippen LogP contribution < -0.4 is 10.4 Å². The zero-order chi connectivity index (χ0) is 26.0. The molecule has 1 fully saturated rings. The maximum absolute atomic E-state index is 13.7. The number of fused-ring (bicyclic) bond motifs is 1. The van der Waals surface area contributed by atoms with Gasteiger partial charge < -0.3 is 29.8 Å². The highest BCUT2D eigenvalue weighted by Gasteiger charge is 2.41. The van der Waals surface area contributed by atoms with Crippen molar-refractivity contribution in [2.45, 2.75) is 18.7 Å². The maximum atomic E-state index is 13.7. The molecule has 0 spiro atoms. The van der Waals surface area contributed by atoms with Gasteiger partial charge in [-0.1, -0.05) is 12.1 Å². The summed E-state index contributed by atoms with van der Waals surface area (Å²) in [6, 6.07) is 6.32. The van der Waals surface area contributed by atoms with Gasteiger partial charge in [0.05, 0.1) is 11.5 Å². The molecule has 0 bridgehead atoms. The van der Waals surface area contributed by atoms with Crippen LogP contribution in [0.1, 0.15) is 32.7 Å². The highest BCUT2D eigenvalue weighted by atomic mass is 19.1. The second-order valence-electron chi connectivity index (χ2n) is 8.48. The fourth-order valence-corrected chi connectivity index (χ4v) is 4.05. The van der Waals surface area contributed by atoms with Gasteiger partial charge in [0.1, 0.15) is 28.7 Å². The van der Waals surface area contributed by atoms with Crippen LogP contribution in [0.3, 0.4) is 0 Å². The van der Waals surface area contributed by atoms with E-state index in [1.807, 2.05) is 0 Å². The van der Waals surface area contributed by atoms with Crippen molar-refractivity contribution in [2.24, 2.45) is 11.7 Å². The molecule has 2 aliphatic heterocycles. The molecule has 0 aliphatic carbocycles. The van der Waals surface area contributed by atoms with Crippen LogP contribution >= 0.6 is 0 Å². The summed E-state index contributed by atoms with van der Waals surface area (Å²) in [7, 11) is -1.37. The second kappa shape index (κ2) is 10.3. The highest BCUT2D eigenvalue weighted by molar-refractivity contribution is 6.47. The lowest BCUT2D eigenvalue weighted by molar-refractivity contribution is -0.126. The predicted molar refractivity (Wildman–Crippen MR) is 119 cm³/mol. The Bertz CT molecular complexity index is 1220. The van der Waals surface area contributed by atoms with E-state index in [0.29, 0.717) is 11.6 Å². The normalized spacial score (nSPS) is 16.9. The van der Waals surface area contributed by atoms with E-state index in [2.05, 4.69) is 0 Å². The van der Waals surface area contributed by atoms with Crippen molar-refractivity contribution < 1.29 is 47.1 Å². The summed E-state index contributed by atoms with van der Waals surface area (Å²) in [4.78, 5) is 49.4. The number of amides is 2. The average Bonchev–Trinajstić information content (AvgIpc) is 2.77. The number of hydrogen-bond acceptors (Lipinski definition) is 8. The van der Waals surface area contributed by atoms with Gasteiger partial charge in [0.25, 0.3) is 0 Å². The lowest BCUT2D eigenvalue weighted by Gasteiger charge is -2.38. The minimum Gasteiger partial charge on any atom is -0.535 e. The monoisotopic (exact) mass is 502 g/mol. The molecule has 13 heteroatoms. The number of nitrogens with two attached hydrogens (primary N) is 1. The maximum Gasteiger partial charge on any atom is 0.526 e. The molecule has 2 aromatic carbocycles. The summed E-state index contributed by atoms with van der Waals surface area (Å²) in [5, 5.41) is 10.5. The van der Waals surface area contributed by atoms with Crippen molar-refractivity contribution >= 4 is 30.9 Å². The molecule has 0 radical (unpaired) electrons. The van der Waals surface area contributed by atoms with E-state index < -0.39 is 54.9 Å². The number of hydrogen-bond donors (Lipinski definition) is 2. The lowest BCUT2D eigenvalue weighted by Crippen LogP contribution is -2.55. The Morgan fingerprint density at radius 1 is 1.08 bits per heavy atom. The second-order valence-corrected chi connectivity index (χ2v) is 8.48. The van der Waals surface area contributed by atoms with E-state index in [4.69, 9.17) is 19.9 Å². The number of urea groups is 1. The smallest absolute Gasteiger partial charge is 0.526 e. The van der Waals surface area contributed by atoms with E-state index in [9.17, 15) is 33.0 Å². The topological polar surface area (TPSA) is 145 Å². The van der Waals surface area contributed by atoms with Gasteiger partial charge in [0.2, 0.25) is 6.79 Å². The van der Waals surface area contributed by atoms with Gasteiger partial charge in [-0.25, -0.2) is 23.2 Å². The van der Waals surface area contributed by atoms with E-state index in [1.54, 1.807) is 12.1 Å². The number of Topliss-reactive ketones (excluding diaryl/α,β-unsaturated/α-hetero) is 1. The molecule has 36 heavy (non-hydrogen) atoms. The standard InChI is InChI=1S/C23H21BF2N2O8/c25-15-4-5-16(18(26)8-15)21(30)34-11-35-22(31)17-3-1-2-12-6-14(24(33)36-20(12)17)7-19(29)13-9-28(10-13)23(27)32/h1-5,8,13-14,33H,6-7,9-11H2,(H2,27,32)/t14-/m1/s1. The lowest BCUT2D eigenvalue weighted by atomic mass is 9.63. The van der Waals surface area contributed by atoms with Crippen molar-refractivity contribution in [3.8, 4) is 5.75 Å². The largest absolute Gasteiger partial charge is 0.535 e. The third kappa shape index (κ3) is 5.30. The molecule has 0 unspecified atom stereocenters. The molecule has 2 aromatic rings. The van der Waals surface area contributed by atoms with Crippen LogP contribution in [0.15, 0.2) is 36.4 Å². The number of benzene rings is 2. The Morgan fingerprint density at radius 3 is 2.44 bits per heavy atom. The van der Waals surface area contributed by atoms with Gasteiger partial charge in [-0.2, -0.15) is 0 Å². The molecule has 2 aliphatic rings. The highest BCUT2D eigenvalue weighted by Crippen LogP contribution is 2.37. The van der Waals surface area contributed by atoms with Crippen molar-refractivity contribution in [3.63, 3.8) is 0 Å². The number of primary amides is 1. The van der Waals surface area contributed by atoms with Crippen LogP contribution in [0.2, 0.25) is 5.82 Å². The molecule has 2 heterocycles. The Hall–Kier alpha value is -4.00. The zero-order valence-electron chi connectivity index (χ0n) is 18.8. The number of carbonyl (C=O) groups is 4. The quantitative estimate of drug-likeness (QED) is 0.331. The molecule has 1 atom stereocenters. The SMILES string of the molecule is NC(=O)N1CC(C(=O)C[C@H]2Cc3cccc(C(=O)OCOC(=O)c4ccc(F)cc4F)c3OB2O)C1. The van der Waals surface area contributed by atoms with Crippen LogP contribution in [-0.2, 0) is 20.7 Å². The van der Waals surface area contributed by atoms with Crippen LogP contribution in [0.25, 0.3) is 0 Å². The molecular weight excluding hydrogens is 481 g/mol. The Morgan fingerprint density at radius 2 is 1.78 bits per heavy atom. The minimum absolute atomic E-state index is 0.0163. The van der Waals surface area contributed by atoms with Gasteiger partial charge in [0.15, 0.2) is 0 Å². The number of carbonyl (C=O) groups excluding carboxylic acids is 4. The predicted octanol–water partition coefficient (Wildman–Crippen LogP) is 1.69. The number of ketones is 1. The van der Waals surface area contributed by atoms with Gasteiger partial charge in [-0.15, -0.1) is 0 Å². The average molecular weight is 502 g/mol. The summed E-state index contributed by atoms with van der Waals surface area (Å²) < 4.78 is 41.8. The summed E-state index contributed by atoms with van der Waals surface area (Å²) in [6.07, 6.45) is 0.261. The fraction of sp³-hybridized carbons (Fsp3) is 0.304. The first kappa shape index (κ1) is 25.1. The number of rotatable bonds is 7. The van der Waals surface area contributed by atoms with Crippen LogP contribution in [0.4, 0.5) is 13.6 Å². The molecular formula is C23H21BF2N2O8. The summed E-state index contributed by atoms with van der Waals surface area (Å²) in [6.45, 7) is -0.368. The van der Waals surface area contributed by atoms with Gasteiger partial charge in [0, 0.05) is 31.4 Å². The Labute approximate surface area is 204 Å². The number of ether oxygens (including phenoxy) is 2. The first-order valence-electron chi connectivity index (χ1n) is 11.0. The summed E-state index contributed by atoms with van der Waals surface area (Å²) in [5.41, 5.74) is 5.16. The third-order valence-electron chi connectivity index (χ3n) is 6.08. The number of nitrogens with zero attached hydrogens (tertiary/aromatic N) is 1. The van der Waals surface area contributed by atoms with E-state index in [-0.39, 0.29) is 48.9 Å². The first-order chi connectivity index (χ1) is 17.1. The van der Waals surface area contributed by atoms with E-state index >= 15 is 0 Å². The summed E-state index contributed by atoms with van der Waals surface area (Å²) in [5.74, 6) is -5.04. The Balaban J connectivity index is 1.34. The van der Waals surface area contributed by atoms with E-state index in [0.717, 1.165) is 12.1 Å². The first-order valence-corrected chi connectivity index (χ1v) is 11.0. The molecule has 1 saturated heterocycles. The molecule has 0 saturated carbocycles. The third-order valence-corrected chi connectivity index (χ3v) is 6.08. The Kier molecular flexibility index (Phi) is 7.20.